The molecular formula is C51H62N10O11. The second-order valence-corrected chi connectivity index (χ2v) is 17.4. The Kier molecular flexibility index (Phi) is 20.0. The molecule has 1 atom stereocenters. The molecule has 72 heavy (non-hydrogen) atoms. The van der Waals surface area contributed by atoms with Gasteiger partial charge in [0.25, 0.3) is 23.6 Å². The van der Waals surface area contributed by atoms with Gasteiger partial charge in [-0.15, -0.1) is 5.10 Å². The number of unbranched alkanes of at least 4 members (excludes halogenated alkanes) is 1. The fourth-order valence-corrected chi connectivity index (χ4v) is 8.49. The maximum absolute atomic E-state index is 13.2. The first-order valence-corrected chi connectivity index (χ1v) is 24.5. The highest BCUT2D eigenvalue weighted by atomic mass is 16.6. The monoisotopic (exact) mass is 990 g/mol. The average molecular weight is 991 g/mol. The lowest BCUT2D eigenvalue weighted by Crippen LogP contribution is -2.54. The zero-order valence-corrected chi connectivity index (χ0v) is 40.3. The molecule has 0 spiro atoms. The molecule has 4 N–H and O–H groups in total. The Hall–Kier alpha value is -7.20. The lowest BCUT2D eigenvalue weighted by Gasteiger charge is -2.32. The minimum Gasteiger partial charge on any atom is -0.382 e. The van der Waals surface area contributed by atoms with Gasteiger partial charge in [-0.2, -0.15) is 0 Å². The molecule has 21 heteroatoms. The SMILES string of the molecule is O=C(/C=C/c1cccnc1)NCCCCC1CCN(C(=O)c2ccc(C(=O)NCc3cn(CCOCCOCCOCCOCCNc4cccc5c4C(=O)N(C4CCC(=O)NC4=O)C5=O)nn3)cc2)CC1. The molecule has 2 aromatic carbocycles. The van der Waals surface area contributed by atoms with Crippen molar-refractivity contribution < 1.29 is 52.5 Å². The van der Waals surface area contributed by atoms with Crippen LogP contribution >= 0.6 is 0 Å². The van der Waals surface area contributed by atoms with Gasteiger partial charge in [0, 0.05) is 67.9 Å². The van der Waals surface area contributed by atoms with Gasteiger partial charge >= 0.3 is 0 Å². The Morgan fingerprint density at radius 3 is 2.21 bits per heavy atom. The summed E-state index contributed by atoms with van der Waals surface area (Å²) >= 11 is 0. The smallest absolute Gasteiger partial charge is 0.264 e. The number of carbonyl (C=O) groups is 7. The number of hydrogen-bond donors (Lipinski definition) is 4. The van der Waals surface area contributed by atoms with Crippen LogP contribution in [0.15, 0.2) is 79.3 Å². The highest BCUT2D eigenvalue weighted by molar-refractivity contribution is 6.25. The minimum atomic E-state index is -1.03. The van der Waals surface area contributed by atoms with Gasteiger partial charge in [-0.3, -0.25) is 48.8 Å². The van der Waals surface area contributed by atoms with Crippen molar-refractivity contribution >= 4 is 53.1 Å². The molecule has 0 radical (unpaired) electrons. The predicted octanol–water partition coefficient (Wildman–Crippen LogP) is 3.03. The molecule has 21 nitrogen and oxygen atoms in total. The summed E-state index contributed by atoms with van der Waals surface area (Å²) < 4.78 is 24.0. The normalized spacial score (nSPS) is 16.0. The number of nitrogens with zero attached hydrogens (tertiary/aromatic N) is 6. The number of piperidine rings is 2. The van der Waals surface area contributed by atoms with Crippen molar-refractivity contribution in [2.45, 2.75) is 64.1 Å². The van der Waals surface area contributed by atoms with E-state index in [4.69, 9.17) is 18.9 Å². The van der Waals surface area contributed by atoms with Crippen molar-refractivity contribution in [3.8, 4) is 0 Å². The lowest BCUT2D eigenvalue weighted by atomic mass is 9.91. The van der Waals surface area contributed by atoms with Crippen LogP contribution in [0.5, 0.6) is 0 Å². The number of fused-ring (bicyclic) bond motifs is 1. The number of carbonyl (C=O) groups excluding carboxylic acids is 7. The molecule has 2 aromatic heterocycles. The summed E-state index contributed by atoms with van der Waals surface area (Å²) in [5.74, 6) is -2.10. The molecule has 3 aliphatic rings. The van der Waals surface area contributed by atoms with Gasteiger partial charge in [-0.1, -0.05) is 30.2 Å². The quantitative estimate of drug-likeness (QED) is 0.0363. The van der Waals surface area contributed by atoms with E-state index in [1.54, 1.807) is 71.8 Å². The molecule has 0 bridgehead atoms. The van der Waals surface area contributed by atoms with Crippen LogP contribution in [0, 0.1) is 5.92 Å². The zero-order chi connectivity index (χ0) is 50.5. The molecule has 0 saturated carbocycles. The third kappa shape index (κ3) is 15.4. The van der Waals surface area contributed by atoms with E-state index >= 15 is 0 Å². The van der Waals surface area contributed by atoms with E-state index < -0.39 is 29.7 Å². The molecule has 3 aliphatic heterocycles. The minimum absolute atomic E-state index is 0.0374. The van der Waals surface area contributed by atoms with Crippen molar-refractivity contribution in [1.82, 2.24) is 45.7 Å². The van der Waals surface area contributed by atoms with Crippen molar-refractivity contribution in [2.24, 2.45) is 5.92 Å². The molecule has 382 valence electrons. The van der Waals surface area contributed by atoms with E-state index in [0.717, 1.165) is 42.6 Å². The van der Waals surface area contributed by atoms with Gasteiger partial charge in [0.15, 0.2) is 0 Å². The summed E-state index contributed by atoms with van der Waals surface area (Å²) in [7, 11) is 0. The number of amides is 7. The molecule has 7 amide bonds. The van der Waals surface area contributed by atoms with Crippen LogP contribution in [0.4, 0.5) is 5.69 Å². The first kappa shape index (κ1) is 52.6. The van der Waals surface area contributed by atoms with Crippen LogP contribution in [0.1, 0.15) is 97.6 Å². The number of anilines is 1. The van der Waals surface area contributed by atoms with E-state index in [1.165, 1.54) is 6.08 Å². The van der Waals surface area contributed by atoms with Gasteiger partial charge in [-0.05, 0) is 85.7 Å². The maximum atomic E-state index is 13.2. The second kappa shape index (κ2) is 27.4. The van der Waals surface area contributed by atoms with Crippen LogP contribution in [-0.2, 0) is 46.4 Å². The van der Waals surface area contributed by atoms with Crippen LogP contribution in [0.2, 0.25) is 0 Å². The first-order chi connectivity index (χ1) is 35.1. The number of aromatic nitrogens is 4. The highest BCUT2D eigenvalue weighted by Crippen LogP contribution is 2.32. The Morgan fingerprint density at radius 1 is 0.764 bits per heavy atom. The second-order valence-electron chi connectivity index (χ2n) is 17.4. The first-order valence-electron chi connectivity index (χ1n) is 24.5. The average Bonchev–Trinajstić information content (AvgIpc) is 3.96. The summed E-state index contributed by atoms with van der Waals surface area (Å²) in [4.78, 5) is 95.2. The van der Waals surface area contributed by atoms with E-state index in [1.807, 2.05) is 17.0 Å². The number of imide groups is 2. The van der Waals surface area contributed by atoms with Crippen LogP contribution in [0.25, 0.3) is 6.08 Å². The van der Waals surface area contributed by atoms with Gasteiger partial charge in [-0.25, -0.2) is 4.68 Å². The summed E-state index contributed by atoms with van der Waals surface area (Å²) in [6.07, 6.45) is 13.4. The van der Waals surface area contributed by atoms with Gasteiger partial charge in [0.1, 0.15) is 11.7 Å². The number of pyridine rings is 1. The third-order valence-electron chi connectivity index (χ3n) is 12.4. The van der Waals surface area contributed by atoms with Gasteiger partial charge < -0.3 is 39.8 Å². The number of rotatable bonds is 28. The summed E-state index contributed by atoms with van der Waals surface area (Å²) in [6, 6.07) is 14.3. The summed E-state index contributed by atoms with van der Waals surface area (Å²) in [5.41, 5.74) is 3.32. The van der Waals surface area contributed by atoms with Crippen molar-refractivity contribution in [2.75, 3.05) is 84.4 Å². The largest absolute Gasteiger partial charge is 0.382 e. The van der Waals surface area contributed by atoms with Crippen LogP contribution < -0.4 is 21.3 Å². The Balaban J connectivity index is 0.660. The molecule has 2 fully saturated rings. The third-order valence-corrected chi connectivity index (χ3v) is 12.4. The molecule has 4 aromatic rings. The highest BCUT2D eigenvalue weighted by Gasteiger charge is 2.45. The van der Waals surface area contributed by atoms with Crippen LogP contribution in [0.3, 0.4) is 0 Å². The van der Waals surface area contributed by atoms with Crippen molar-refractivity contribution in [3.63, 3.8) is 0 Å². The molecule has 0 aliphatic carbocycles. The number of likely N-dealkylation sites (tertiary alicyclic amines) is 1. The molecule has 1 unspecified atom stereocenters. The number of ether oxygens (including phenoxy) is 4. The number of benzene rings is 2. The van der Waals surface area contributed by atoms with E-state index in [0.29, 0.717) is 114 Å². The zero-order valence-electron chi connectivity index (χ0n) is 40.3. The van der Waals surface area contributed by atoms with E-state index in [-0.39, 0.29) is 48.2 Å². The van der Waals surface area contributed by atoms with Crippen LogP contribution in [-0.4, -0.2) is 156 Å². The lowest BCUT2D eigenvalue weighted by molar-refractivity contribution is -0.136. The fourth-order valence-electron chi connectivity index (χ4n) is 8.49. The van der Waals surface area contributed by atoms with Crippen molar-refractivity contribution in [3.05, 3.63) is 113 Å². The standard InChI is InChI=1S/C51H62N10O11/c62-44(15-9-37-6-4-19-52-33-37)54-20-2-1-5-36-17-22-59(23-18-36)49(66)39-12-10-38(11-13-39)47(64)55-34-40-35-60(58-57-40)24-26-70-28-30-72-32-31-71-29-27-69-25-21-53-42-8-3-7-41-46(42)51(68)61(50(41)67)43-14-16-45(63)56-48(43)65/h3-4,6-13,15,19,33,35-36,43,53H,1-2,5,14,16-18,20-32,34H2,(H,54,62)(H,55,64)(H,56,63,65)/b15-9+. The molecular weight excluding hydrogens is 929 g/mol. The van der Waals surface area contributed by atoms with E-state index in [2.05, 4.69) is 36.6 Å². The predicted molar refractivity (Wildman–Crippen MR) is 261 cm³/mol. The fraction of sp³-hybridized carbons (Fsp3) is 0.451. The Bertz CT molecular complexity index is 2510. The number of hydrogen-bond acceptors (Lipinski definition) is 15. The maximum Gasteiger partial charge on any atom is 0.264 e. The molecule has 2 saturated heterocycles. The molecule has 5 heterocycles. The Labute approximate surface area is 417 Å². The van der Waals surface area contributed by atoms with Gasteiger partial charge in [0.05, 0.1) is 83.3 Å². The van der Waals surface area contributed by atoms with Gasteiger partial charge in [0.2, 0.25) is 17.7 Å². The number of nitrogens with one attached hydrogen (secondary N) is 4. The van der Waals surface area contributed by atoms with Crippen molar-refractivity contribution in [1.29, 1.82) is 0 Å². The summed E-state index contributed by atoms with van der Waals surface area (Å²) in [6.45, 7) is 5.96. The topological polar surface area (TPSA) is 255 Å². The molecule has 7 rings (SSSR count). The van der Waals surface area contributed by atoms with E-state index in [9.17, 15) is 33.6 Å². The Morgan fingerprint density at radius 2 is 1.49 bits per heavy atom. The summed E-state index contributed by atoms with van der Waals surface area (Å²) in [5, 5.41) is 19.4.